The third kappa shape index (κ3) is 4.93. The molecule has 0 saturated heterocycles. The van der Waals surface area contributed by atoms with Crippen LogP contribution in [0.5, 0.6) is 5.75 Å². The van der Waals surface area contributed by atoms with Gasteiger partial charge in [-0.2, -0.15) is 4.31 Å². The topological polar surface area (TPSA) is 87.7 Å². The van der Waals surface area contributed by atoms with E-state index in [1.165, 1.54) is 29.6 Å². The molecule has 0 atom stereocenters. The van der Waals surface area contributed by atoms with Gasteiger partial charge in [-0.1, -0.05) is 13.8 Å². The molecule has 1 amide bonds. The van der Waals surface area contributed by atoms with E-state index in [9.17, 15) is 13.2 Å². The van der Waals surface area contributed by atoms with Gasteiger partial charge in [-0.3, -0.25) is 4.79 Å². The van der Waals surface area contributed by atoms with Gasteiger partial charge in [0.05, 0.1) is 17.6 Å². The Morgan fingerprint density at radius 3 is 2.42 bits per heavy atom. The summed E-state index contributed by atoms with van der Waals surface area (Å²) in [5.74, 6) is -0.000775. The number of ether oxygens (including phenoxy) is 1. The Labute approximate surface area is 144 Å². The molecule has 2 N–H and O–H groups in total. The molecule has 0 aliphatic rings. The quantitative estimate of drug-likeness (QED) is 0.612. The predicted molar refractivity (Wildman–Crippen MR) is 94.0 cm³/mol. The highest BCUT2D eigenvalue weighted by atomic mass is 32.2. The zero-order chi connectivity index (χ0) is 18.2. The molecule has 0 saturated carbocycles. The molecule has 0 unspecified atom stereocenters. The number of nitrogens with one attached hydrogen (secondary N) is 2. The molecule has 8 heteroatoms. The summed E-state index contributed by atoms with van der Waals surface area (Å²) in [5.41, 5.74) is 0.218. The number of hydrogen-bond acceptors (Lipinski definition) is 5. The van der Waals surface area contributed by atoms with Crippen molar-refractivity contribution in [3.8, 4) is 5.75 Å². The fourth-order valence-corrected chi connectivity index (χ4v) is 3.78. The van der Waals surface area contributed by atoms with Crippen LogP contribution in [0, 0.1) is 0 Å². The number of hydrogen-bond donors (Lipinski definition) is 2. The lowest BCUT2D eigenvalue weighted by Gasteiger charge is -2.19. The van der Waals surface area contributed by atoms with E-state index in [-0.39, 0.29) is 16.4 Å². The van der Waals surface area contributed by atoms with Crippen LogP contribution in [0.15, 0.2) is 23.1 Å². The molecule has 0 fully saturated rings. The van der Waals surface area contributed by atoms with Crippen molar-refractivity contribution < 1.29 is 17.9 Å². The summed E-state index contributed by atoms with van der Waals surface area (Å²) in [4.78, 5) is 12.4. The standard InChI is InChI=1S/C16H27N3O4S/c1-5-19(6-2)24(21,22)13-8-9-15(23-4)14(12-13)16(20)18-11-7-10-17-3/h8-9,12,17H,5-7,10-11H2,1-4H3,(H,18,20). The van der Waals surface area contributed by atoms with Crippen molar-refractivity contribution in [1.82, 2.24) is 14.9 Å². The molecule has 136 valence electrons. The molecule has 0 aromatic heterocycles. The Hall–Kier alpha value is -1.64. The summed E-state index contributed by atoms with van der Waals surface area (Å²) in [6, 6.07) is 4.35. The van der Waals surface area contributed by atoms with E-state index in [1.54, 1.807) is 13.8 Å². The zero-order valence-electron chi connectivity index (χ0n) is 14.8. The lowest BCUT2D eigenvalue weighted by Crippen LogP contribution is -2.31. The minimum atomic E-state index is -3.62. The molecular formula is C16H27N3O4S. The molecule has 0 bridgehead atoms. The van der Waals surface area contributed by atoms with E-state index >= 15 is 0 Å². The van der Waals surface area contributed by atoms with Crippen molar-refractivity contribution in [1.29, 1.82) is 0 Å². The molecule has 7 nitrogen and oxygen atoms in total. The van der Waals surface area contributed by atoms with Gasteiger partial charge in [0.25, 0.3) is 5.91 Å². The first-order valence-corrected chi connectivity index (χ1v) is 9.47. The molecule has 0 radical (unpaired) electrons. The van der Waals surface area contributed by atoms with Crippen molar-refractivity contribution in [3.63, 3.8) is 0 Å². The number of methoxy groups -OCH3 is 1. The number of rotatable bonds is 10. The van der Waals surface area contributed by atoms with Crippen molar-refractivity contribution in [2.24, 2.45) is 0 Å². The average molecular weight is 357 g/mol. The second-order valence-electron chi connectivity index (χ2n) is 5.16. The Morgan fingerprint density at radius 2 is 1.88 bits per heavy atom. The van der Waals surface area contributed by atoms with Crippen LogP contribution in [-0.4, -0.2) is 59.0 Å². The van der Waals surface area contributed by atoms with E-state index in [2.05, 4.69) is 10.6 Å². The molecule has 1 aromatic carbocycles. The van der Waals surface area contributed by atoms with Crippen LogP contribution in [-0.2, 0) is 10.0 Å². The van der Waals surface area contributed by atoms with E-state index in [0.717, 1.165) is 13.0 Å². The Bertz CT molecular complexity index is 643. The second-order valence-corrected chi connectivity index (χ2v) is 7.10. The van der Waals surface area contributed by atoms with Gasteiger partial charge >= 0.3 is 0 Å². The maximum atomic E-state index is 12.6. The number of sulfonamides is 1. The largest absolute Gasteiger partial charge is 0.496 e. The SMILES string of the molecule is CCN(CC)S(=O)(=O)c1ccc(OC)c(C(=O)NCCCNC)c1. The van der Waals surface area contributed by atoms with Crippen LogP contribution in [0.25, 0.3) is 0 Å². The number of benzene rings is 1. The van der Waals surface area contributed by atoms with Crippen molar-refractivity contribution in [2.45, 2.75) is 25.2 Å². The van der Waals surface area contributed by atoms with Gasteiger partial charge in [0.2, 0.25) is 10.0 Å². The summed E-state index contributed by atoms with van der Waals surface area (Å²) in [7, 11) is -0.334. The number of amides is 1. The van der Waals surface area contributed by atoms with Crippen molar-refractivity contribution in [2.75, 3.05) is 40.3 Å². The van der Waals surface area contributed by atoms with E-state index < -0.39 is 10.0 Å². The average Bonchev–Trinajstić information content (AvgIpc) is 2.58. The lowest BCUT2D eigenvalue weighted by atomic mass is 10.2. The van der Waals surface area contributed by atoms with E-state index in [1.807, 2.05) is 7.05 Å². The highest BCUT2D eigenvalue weighted by Crippen LogP contribution is 2.24. The maximum Gasteiger partial charge on any atom is 0.255 e. The zero-order valence-corrected chi connectivity index (χ0v) is 15.6. The third-order valence-electron chi connectivity index (χ3n) is 3.65. The summed E-state index contributed by atoms with van der Waals surface area (Å²) < 4.78 is 31.8. The molecule has 1 rings (SSSR count). The Balaban J connectivity index is 3.10. The first-order valence-electron chi connectivity index (χ1n) is 8.03. The predicted octanol–water partition coefficient (Wildman–Crippen LogP) is 1.07. The Morgan fingerprint density at radius 1 is 1.21 bits per heavy atom. The van der Waals surface area contributed by atoms with Crippen LogP contribution < -0.4 is 15.4 Å². The summed E-state index contributed by atoms with van der Waals surface area (Å²) >= 11 is 0. The summed E-state index contributed by atoms with van der Waals surface area (Å²) in [5, 5.41) is 5.77. The molecule has 0 aliphatic heterocycles. The van der Waals surface area contributed by atoms with Gasteiger partial charge in [-0.15, -0.1) is 0 Å². The van der Waals surface area contributed by atoms with Gasteiger partial charge < -0.3 is 15.4 Å². The maximum absolute atomic E-state index is 12.6. The fourth-order valence-electron chi connectivity index (χ4n) is 2.30. The summed E-state index contributed by atoms with van der Waals surface area (Å²) in [6.45, 7) is 5.58. The minimum absolute atomic E-state index is 0.0902. The molecule has 24 heavy (non-hydrogen) atoms. The van der Waals surface area contributed by atoms with Gasteiger partial charge in [-0.05, 0) is 38.2 Å². The second kappa shape index (κ2) is 9.61. The molecule has 0 aliphatic carbocycles. The number of nitrogens with zero attached hydrogens (tertiary/aromatic N) is 1. The van der Waals surface area contributed by atoms with E-state index in [4.69, 9.17) is 4.74 Å². The molecule has 1 aromatic rings. The highest BCUT2D eigenvalue weighted by molar-refractivity contribution is 7.89. The highest BCUT2D eigenvalue weighted by Gasteiger charge is 2.24. The van der Waals surface area contributed by atoms with E-state index in [0.29, 0.717) is 25.4 Å². The minimum Gasteiger partial charge on any atom is -0.496 e. The van der Waals surface area contributed by atoms with Gasteiger partial charge in [0.15, 0.2) is 0 Å². The third-order valence-corrected chi connectivity index (χ3v) is 5.69. The number of carbonyl (C=O) groups is 1. The van der Waals surface area contributed by atoms with Gasteiger partial charge in [-0.25, -0.2) is 8.42 Å². The van der Waals surface area contributed by atoms with Crippen LogP contribution in [0.4, 0.5) is 0 Å². The van der Waals surface area contributed by atoms with Crippen LogP contribution >= 0.6 is 0 Å². The number of carbonyl (C=O) groups excluding carboxylic acids is 1. The van der Waals surface area contributed by atoms with Crippen molar-refractivity contribution in [3.05, 3.63) is 23.8 Å². The fraction of sp³-hybridized carbons (Fsp3) is 0.562. The summed E-state index contributed by atoms with van der Waals surface area (Å²) in [6.07, 6.45) is 0.780. The lowest BCUT2D eigenvalue weighted by molar-refractivity contribution is 0.0950. The first-order chi connectivity index (χ1) is 11.4. The van der Waals surface area contributed by atoms with Crippen LogP contribution in [0.1, 0.15) is 30.6 Å². The van der Waals surface area contributed by atoms with Gasteiger partial charge in [0, 0.05) is 19.6 Å². The first kappa shape index (κ1) is 20.4. The van der Waals surface area contributed by atoms with Crippen molar-refractivity contribution >= 4 is 15.9 Å². The monoisotopic (exact) mass is 357 g/mol. The molecule has 0 spiro atoms. The normalized spacial score (nSPS) is 11.5. The van der Waals surface area contributed by atoms with Crippen LogP contribution in [0.3, 0.4) is 0 Å². The molecule has 0 heterocycles. The van der Waals surface area contributed by atoms with Crippen LogP contribution in [0.2, 0.25) is 0 Å². The smallest absolute Gasteiger partial charge is 0.255 e. The molecular weight excluding hydrogens is 330 g/mol. The van der Waals surface area contributed by atoms with Gasteiger partial charge in [0.1, 0.15) is 5.75 Å². The Kier molecular flexibility index (Phi) is 8.17.